The molecule has 3 amide bonds. The number of aromatic nitrogens is 1. The summed E-state index contributed by atoms with van der Waals surface area (Å²) in [5, 5.41) is 10.7. The number of hydrazine groups is 1. The van der Waals surface area contributed by atoms with Crippen molar-refractivity contribution < 1.29 is 32.4 Å². The number of piperazine rings is 1. The quantitative estimate of drug-likeness (QED) is 0.300. The number of ether oxygens (including phenoxy) is 1. The molecular formula is C28H32F2N6O5. The molecule has 11 nitrogen and oxygen atoms in total. The van der Waals surface area contributed by atoms with Crippen LogP contribution in [-0.4, -0.2) is 71.8 Å². The average molecular weight is 571 g/mol. The van der Waals surface area contributed by atoms with E-state index < -0.39 is 29.7 Å². The first-order chi connectivity index (χ1) is 19.8. The molecule has 1 aliphatic heterocycles. The van der Waals surface area contributed by atoms with E-state index in [9.17, 15) is 23.2 Å². The van der Waals surface area contributed by atoms with E-state index in [-0.39, 0.29) is 43.3 Å². The van der Waals surface area contributed by atoms with Gasteiger partial charge in [-0.25, -0.2) is 19.0 Å². The minimum Gasteiger partial charge on any atom is -0.447 e. The molecule has 1 aliphatic rings. The molecular weight excluding hydrogens is 538 g/mol. The molecule has 1 saturated heterocycles. The summed E-state index contributed by atoms with van der Waals surface area (Å²) in [4.78, 5) is 39.7. The molecule has 1 aromatic heterocycles. The number of carbonyl (C=O) groups is 3. The highest BCUT2D eigenvalue weighted by molar-refractivity contribution is 5.84. The van der Waals surface area contributed by atoms with Crippen LogP contribution in [0.1, 0.15) is 25.3 Å². The van der Waals surface area contributed by atoms with Crippen molar-refractivity contribution in [1.29, 1.82) is 0 Å². The van der Waals surface area contributed by atoms with Gasteiger partial charge in [-0.05, 0) is 12.5 Å². The molecule has 0 aliphatic carbocycles. The Morgan fingerprint density at radius 2 is 1.88 bits per heavy atom. The van der Waals surface area contributed by atoms with Gasteiger partial charge in [-0.1, -0.05) is 47.6 Å². The number of carbonyl (C=O) groups excluding carboxylic acids is 3. The summed E-state index contributed by atoms with van der Waals surface area (Å²) in [6.07, 6.45) is -0.619. The first kappa shape index (κ1) is 29.6. The SMILES string of the molecule is CC(=O)N(NCc1cccc(F)c1F)[C@@H](CCC(=O)N1CCNCC1)COC(=O)Nc1cc(-c2ccccc2)on1. The van der Waals surface area contributed by atoms with Gasteiger partial charge in [-0.3, -0.25) is 19.9 Å². The van der Waals surface area contributed by atoms with Crippen molar-refractivity contribution >= 4 is 23.7 Å². The third-order valence-corrected chi connectivity index (χ3v) is 6.54. The van der Waals surface area contributed by atoms with Crippen molar-refractivity contribution in [2.45, 2.75) is 32.4 Å². The van der Waals surface area contributed by atoms with Crippen molar-refractivity contribution in [2.24, 2.45) is 0 Å². The Labute approximate surface area is 235 Å². The van der Waals surface area contributed by atoms with Gasteiger partial charge in [0.1, 0.15) is 6.61 Å². The first-order valence-electron chi connectivity index (χ1n) is 13.2. The third-order valence-electron chi connectivity index (χ3n) is 6.54. The van der Waals surface area contributed by atoms with Crippen LogP contribution in [0, 0.1) is 11.6 Å². The second-order valence-electron chi connectivity index (χ2n) is 9.43. The lowest BCUT2D eigenvalue weighted by Crippen LogP contribution is -2.51. The topological polar surface area (TPSA) is 129 Å². The Morgan fingerprint density at radius 1 is 1.12 bits per heavy atom. The molecule has 0 saturated carbocycles. The van der Waals surface area contributed by atoms with E-state index in [1.807, 2.05) is 30.3 Å². The van der Waals surface area contributed by atoms with Crippen molar-refractivity contribution in [1.82, 2.24) is 25.8 Å². The van der Waals surface area contributed by atoms with Gasteiger partial charge in [-0.2, -0.15) is 0 Å². The van der Waals surface area contributed by atoms with Gasteiger partial charge < -0.3 is 19.5 Å². The van der Waals surface area contributed by atoms with Crippen LogP contribution in [0.2, 0.25) is 0 Å². The Morgan fingerprint density at radius 3 is 2.61 bits per heavy atom. The fraction of sp³-hybridized carbons (Fsp3) is 0.357. The van der Waals surface area contributed by atoms with Crippen LogP contribution < -0.4 is 16.1 Å². The second-order valence-corrected chi connectivity index (χ2v) is 9.43. The number of halogens is 2. The first-order valence-corrected chi connectivity index (χ1v) is 13.2. The molecule has 4 rings (SSSR count). The van der Waals surface area contributed by atoms with Gasteiger partial charge in [0.05, 0.1) is 6.04 Å². The molecule has 3 N–H and O–H groups in total. The lowest BCUT2D eigenvalue weighted by Gasteiger charge is -2.32. The van der Waals surface area contributed by atoms with Crippen LogP contribution in [0.4, 0.5) is 19.4 Å². The molecule has 2 aromatic carbocycles. The summed E-state index contributed by atoms with van der Waals surface area (Å²) >= 11 is 0. The van der Waals surface area contributed by atoms with Crippen LogP contribution in [0.15, 0.2) is 59.1 Å². The van der Waals surface area contributed by atoms with Crippen LogP contribution in [0.5, 0.6) is 0 Å². The number of anilines is 1. The van der Waals surface area contributed by atoms with Crippen LogP contribution >= 0.6 is 0 Å². The van der Waals surface area contributed by atoms with Crippen molar-refractivity contribution in [3.63, 3.8) is 0 Å². The lowest BCUT2D eigenvalue weighted by atomic mass is 10.1. The highest BCUT2D eigenvalue weighted by Gasteiger charge is 2.26. The second kappa shape index (κ2) is 14.3. The van der Waals surface area contributed by atoms with E-state index in [1.54, 1.807) is 4.90 Å². The summed E-state index contributed by atoms with van der Waals surface area (Å²) < 4.78 is 38.6. The van der Waals surface area contributed by atoms with E-state index in [1.165, 1.54) is 30.1 Å². The average Bonchev–Trinajstić information content (AvgIpc) is 3.45. The molecule has 3 aromatic rings. The Bertz CT molecular complexity index is 1330. The fourth-order valence-corrected chi connectivity index (χ4v) is 4.39. The maximum Gasteiger partial charge on any atom is 0.412 e. The van der Waals surface area contributed by atoms with Gasteiger partial charge in [0.2, 0.25) is 11.8 Å². The maximum atomic E-state index is 14.2. The minimum absolute atomic E-state index is 0.00538. The smallest absolute Gasteiger partial charge is 0.412 e. The largest absolute Gasteiger partial charge is 0.447 e. The van der Waals surface area contributed by atoms with E-state index in [4.69, 9.17) is 9.26 Å². The molecule has 13 heteroatoms. The number of benzene rings is 2. The van der Waals surface area contributed by atoms with E-state index >= 15 is 0 Å². The molecule has 0 spiro atoms. The van der Waals surface area contributed by atoms with Crippen LogP contribution in [-0.2, 0) is 20.9 Å². The normalized spacial score (nSPS) is 13.9. The van der Waals surface area contributed by atoms with Crippen LogP contribution in [0.25, 0.3) is 11.3 Å². The molecule has 0 unspecified atom stereocenters. The third kappa shape index (κ3) is 8.32. The monoisotopic (exact) mass is 570 g/mol. The molecule has 2 heterocycles. The van der Waals surface area contributed by atoms with Crippen molar-refractivity contribution in [2.75, 3.05) is 38.1 Å². The molecule has 1 atom stereocenters. The summed E-state index contributed by atoms with van der Waals surface area (Å²) in [7, 11) is 0. The summed E-state index contributed by atoms with van der Waals surface area (Å²) in [6, 6.07) is 13.7. The number of nitrogens with zero attached hydrogens (tertiary/aromatic N) is 3. The van der Waals surface area contributed by atoms with Crippen molar-refractivity contribution in [3.05, 3.63) is 71.8 Å². The highest BCUT2D eigenvalue weighted by Crippen LogP contribution is 2.22. The van der Waals surface area contributed by atoms with Crippen molar-refractivity contribution in [3.8, 4) is 11.3 Å². The minimum atomic E-state index is -1.04. The zero-order valence-corrected chi connectivity index (χ0v) is 22.6. The summed E-state index contributed by atoms with van der Waals surface area (Å²) in [6.45, 7) is 3.29. The standard InChI is InChI=1S/C28H32F2N6O5/c1-19(37)36(32-17-21-8-5-9-23(29)27(21)30)22(10-11-26(38)35-14-12-31-13-15-35)18-40-28(39)33-25-16-24(41-34-25)20-6-3-2-4-7-20/h2-9,16,22,31-32H,10-15,17-18H2,1H3,(H,33,34,39)/t22-/m0/s1. The number of amides is 3. The fourth-order valence-electron chi connectivity index (χ4n) is 4.39. The van der Waals surface area contributed by atoms with E-state index in [2.05, 4.69) is 21.2 Å². The molecule has 218 valence electrons. The van der Waals surface area contributed by atoms with Crippen LogP contribution in [0.3, 0.4) is 0 Å². The lowest BCUT2D eigenvalue weighted by molar-refractivity contribution is -0.138. The number of nitrogens with one attached hydrogen (secondary N) is 3. The predicted molar refractivity (Wildman–Crippen MR) is 145 cm³/mol. The summed E-state index contributed by atoms with van der Waals surface area (Å²) in [5.74, 6) is -2.04. The molecule has 41 heavy (non-hydrogen) atoms. The number of hydrogen-bond donors (Lipinski definition) is 3. The highest BCUT2D eigenvalue weighted by atomic mass is 19.2. The Kier molecular flexibility index (Phi) is 10.3. The van der Waals surface area contributed by atoms with Gasteiger partial charge in [0, 0.05) is 63.3 Å². The molecule has 1 fully saturated rings. The molecule has 0 bridgehead atoms. The van der Waals surface area contributed by atoms with Gasteiger partial charge in [0.15, 0.2) is 23.2 Å². The zero-order valence-electron chi connectivity index (χ0n) is 22.6. The van der Waals surface area contributed by atoms with Gasteiger partial charge in [0.25, 0.3) is 0 Å². The summed E-state index contributed by atoms with van der Waals surface area (Å²) in [5.41, 5.74) is 3.58. The van der Waals surface area contributed by atoms with E-state index in [0.29, 0.717) is 31.9 Å². The Hall–Kier alpha value is -4.36. The van der Waals surface area contributed by atoms with Gasteiger partial charge >= 0.3 is 6.09 Å². The maximum absolute atomic E-state index is 14.2. The number of hydrogen-bond acceptors (Lipinski definition) is 8. The Balaban J connectivity index is 1.41. The molecule has 0 radical (unpaired) electrons. The van der Waals surface area contributed by atoms with Gasteiger partial charge in [-0.15, -0.1) is 0 Å². The zero-order chi connectivity index (χ0) is 29.2. The number of rotatable bonds is 11. The predicted octanol–water partition coefficient (Wildman–Crippen LogP) is 3.30. The van der Waals surface area contributed by atoms with E-state index in [0.717, 1.165) is 11.6 Å².